The highest BCUT2D eigenvalue weighted by molar-refractivity contribution is 5.93. The first kappa shape index (κ1) is 34.1. The van der Waals surface area contributed by atoms with Gasteiger partial charge in [0.2, 0.25) is 5.91 Å². The number of pyridine rings is 1. The molecular weight excluding hydrogens is 598 g/mol. The van der Waals surface area contributed by atoms with E-state index in [-0.39, 0.29) is 18.3 Å². The van der Waals surface area contributed by atoms with E-state index in [1.165, 1.54) is 0 Å². The fourth-order valence-electron chi connectivity index (χ4n) is 6.55. The number of amides is 1. The van der Waals surface area contributed by atoms with Crippen molar-refractivity contribution in [3.05, 3.63) is 53.9 Å². The van der Waals surface area contributed by atoms with Gasteiger partial charge in [-0.1, -0.05) is 26.0 Å². The number of ether oxygens (including phenoxy) is 2. The summed E-state index contributed by atoms with van der Waals surface area (Å²) in [6.45, 7) is 7.10. The number of carbonyl (C=O) groups excluding carboxylic acids is 2. The first-order valence-electron chi connectivity index (χ1n) is 16.5. The lowest BCUT2D eigenvalue weighted by molar-refractivity contribution is -0.144. The number of hydrogen-bond acceptors (Lipinski definition) is 8. The van der Waals surface area contributed by atoms with Crippen molar-refractivity contribution in [1.29, 1.82) is 0 Å². The Morgan fingerprint density at radius 3 is 2.64 bits per heavy atom. The first-order valence-corrected chi connectivity index (χ1v) is 16.5. The van der Waals surface area contributed by atoms with Gasteiger partial charge in [-0.05, 0) is 90.2 Å². The van der Waals surface area contributed by atoms with E-state index in [0.29, 0.717) is 35.7 Å². The van der Waals surface area contributed by atoms with Crippen LogP contribution in [0.2, 0.25) is 0 Å². The smallest absolute Gasteiger partial charge is 0.330 e. The van der Waals surface area contributed by atoms with E-state index >= 15 is 0 Å². The lowest BCUT2D eigenvalue weighted by atomic mass is 9.96. The van der Waals surface area contributed by atoms with E-state index in [2.05, 4.69) is 24.1 Å². The molecule has 0 spiro atoms. The molecule has 2 heterocycles. The van der Waals surface area contributed by atoms with E-state index in [0.717, 1.165) is 48.7 Å². The number of carboxylic acid groups (broad SMARTS) is 1. The number of unbranched alkanes of at least 4 members (excludes halogenated alkanes) is 2. The number of carboxylic acids is 1. The molecule has 2 saturated carbocycles. The van der Waals surface area contributed by atoms with Gasteiger partial charge in [0.1, 0.15) is 29.4 Å². The van der Waals surface area contributed by atoms with Crippen LogP contribution in [0.5, 0.6) is 11.5 Å². The van der Waals surface area contributed by atoms with Crippen LogP contribution in [0, 0.1) is 24.7 Å². The molecule has 0 aliphatic heterocycles. The Labute approximate surface area is 276 Å². The van der Waals surface area contributed by atoms with Crippen LogP contribution < -0.4 is 14.8 Å². The Morgan fingerprint density at radius 1 is 1.19 bits per heavy atom. The summed E-state index contributed by atoms with van der Waals surface area (Å²) in [5, 5.41) is 18.4. The third-order valence-electron chi connectivity index (χ3n) is 9.50. The Kier molecular flexibility index (Phi) is 10.3. The molecule has 2 N–H and O–H groups in total. The molecule has 0 saturated heterocycles. The zero-order valence-electron chi connectivity index (χ0n) is 28.2. The van der Waals surface area contributed by atoms with E-state index in [4.69, 9.17) is 19.6 Å². The molecule has 5 atom stereocenters. The summed E-state index contributed by atoms with van der Waals surface area (Å²) in [4.78, 5) is 45.1. The molecule has 47 heavy (non-hydrogen) atoms. The fraction of sp³-hybridized carbons (Fsp3) is 0.528. The third kappa shape index (κ3) is 7.35. The van der Waals surface area contributed by atoms with Crippen LogP contribution in [0.25, 0.3) is 16.7 Å². The minimum absolute atomic E-state index is 0.247. The average molecular weight is 646 g/mol. The van der Waals surface area contributed by atoms with Crippen molar-refractivity contribution in [3.63, 3.8) is 0 Å². The molecular formula is C36H47N5O6. The average Bonchev–Trinajstić information content (AvgIpc) is 3.34. The molecule has 0 unspecified atom stereocenters. The number of aryl methyl sites for hydroxylation is 1. The van der Waals surface area contributed by atoms with Gasteiger partial charge in [-0.3, -0.25) is 4.79 Å². The van der Waals surface area contributed by atoms with E-state index < -0.39 is 35.4 Å². The van der Waals surface area contributed by atoms with Crippen molar-refractivity contribution < 1.29 is 29.0 Å². The van der Waals surface area contributed by atoms with Gasteiger partial charge >= 0.3 is 5.97 Å². The minimum Gasteiger partial charge on any atom is -0.496 e. The van der Waals surface area contributed by atoms with Crippen LogP contribution >= 0.6 is 0 Å². The zero-order chi connectivity index (χ0) is 33.9. The Hall–Kier alpha value is -4.25. The van der Waals surface area contributed by atoms with Crippen molar-refractivity contribution in [1.82, 2.24) is 25.0 Å². The van der Waals surface area contributed by atoms with Crippen molar-refractivity contribution in [2.45, 2.75) is 76.9 Å². The second-order valence-corrected chi connectivity index (χ2v) is 13.5. The molecule has 2 aliphatic carbocycles. The highest BCUT2D eigenvalue weighted by Gasteiger charge is 2.61. The van der Waals surface area contributed by atoms with Crippen molar-refractivity contribution in [2.75, 3.05) is 27.7 Å². The van der Waals surface area contributed by atoms with E-state index in [1.54, 1.807) is 11.8 Å². The number of rotatable bonds is 15. The number of methoxy groups -OCH3 is 1. The highest BCUT2D eigenvalue weighted by Crippen LogP contribution is 2.46. The van der Waals surface area contributed by atoms with E-state index in [9.17, 15) is 19.5 Å². The lowest BCUT2D eigenvalue weighted by Gasteiger charge is -2.20. The zero-order valence-corrected chi connectivity index (χ0v) is 28.2. The Morgan fingerprint density at radius 2 is 1.98 bits per heavy atom. The number of allylic oxidation sites excluding steroid dienone is 1. The summed E-state index contributed by atoms with van der Waals surface area (Å²) in [6.07, 6.45) is 10.0. The SMILES string of the molecule is COc1ccc2c(O[C@H]3C[C@@H](C=O)[C@H](C(=O)N[C@]4(C(=O)O)C[C@H]4/C=C\CCCCN(C)C)C3)cc(-n3ccc(C(C)C)n3)nc2c1C. The van der Waals surface area contributed by atoms with Crippen LogP contribution in [0.15, 0.2) is 42.6 Å². The Bertz CT molecular complexity index is 1650. The number of aliphatic carboxylic acids is 1. The van der Waals surface area contributed by atoms with Crippen LogP contribution in [-0.2, 0) is 14.4 Å². The second kappa shape index (κ2) is 14.3. The van der Waals surface area contributed by atoms with Crippen molar-refractivity contribution in [3.8, 4) is 17.3 Å². The minimum atomic E-state index is -1.34. The predicted octanol–water partition coefficient (Wildman–Crippen LogP) is 5.08. The summed E-state index contributed by atoms with van der Waals surface area (Å²) >= 11 is 0. The quantitative estimate of drug-likeness (QED) is 0.132. The number of carbonyl (C=O) groups is 3. The summed E-state index contributed by atoms with van der Waals surface area (Å²) in [5.41, 5.74) is 1.15. The molecule has 11 nitrogen and oxygen atoms in total. The Balaban J connectivity index is 1.33. The molecule has 2 fully saturated rings. The molecule has 2 aliphatic rings. The van der Waals surface area contributed by atoms with Crippen molar-refractivity contribution in [2.24, 2.45) is 17.8 Å². The topological polar surface area (TPSA) is 136 Å². The number of nitrogens with one attached hydrogen (secondary N) is 1. The van der Waals surface area contributed by atoms with Gasteiger partial charge in [-0.15, -0.1) is 0 Å². The molecule has 5 rings (SSSR count). The summed E-state index contributed by atoms with van der Waals surface area (Å²) in [7, 11) is 5.69. The molecule has 0 radical (unpaired) electrons. The van der Waals surface area contributed by atoms with E-state index in [1.807, 2.05) is 63.6 Å². The third-order valence-corrected chi connectivity index (χ3v) is 9.50. The maximum Gasteiger partial charge on any atom is 0.330 e. The summed E-state index contributed by atoms with van der Waals surface area (Å²) < 4.78 is 13.8. The lowest BCUT2D eigenvalue weighted by Crippen LogP contribution is -2.48. The van der Waals surface area contributed by atoms with Gasteiger partial charge in [0, 0.05) is 35.0 Å². The summed E-state index contributed by atoms with van der Waals surface area (Å²) in [6, 6.07) is 7.55. The standard InChI is InChI=1S/C36H47N5O6/c1-22(2)29-14-16-41(39-29)32-19-31(27-12-13-30(46-6)23(3)33(27)37-32)47-26-17-24(21-42)28(18-26)34(43)38-36(35(44)45)20-25(36)11-9-7-8-10-15-40(4)5/h9,11-14,16,19,21-22,24-26,28H,7-8,10,15,17-18,20H2,1-6H3,(H,38,43)(H,44,45)/b11-9-/t24-,25+,26-,28+,36+/m0/s1. The predicted molar refractivity (Wildman–Crippen MR) is 179 cm³/mol. The number of nitrogens with zero attached hydrogens (tertiary/aromatic N) is 4. The van der Waals surface area contributed by atoms with Crippen LogP contribution in [0.1, 0.15) is 69.5 Å². The molecule has 0 bridgehead atoms. The molecule has 1 aromatic carbocycles. The number of aldehydes is 1. The van der Waals surface area contributed by atoms with Gasteiger partial charge < -0.3 is 29.6 Å². The maximum absolute atomic E-state index is 13.6. The van der Waals surface area contributed by atoms with Gasteiger partial charge in [-0.25, -0.2) is 14.5 Å². The number of aromatic nitrogens is 3. The number of benzene rings is 1. The highest BCUT2D eigenvalue weighted by atomic mass is 16.5. The molecule has 11 heteroatoms. The van der Waals surface area contributed by atoms with Gasteiger partial charge in [-0.2, -0.15) is 5.10 Å². The normalized spacial score (nSPS) is 23.9. The van der Waals surface area contributed by atoms with Gasteiger partial charge in [0.15, 0.2) is 5.82 Å². The number of hydrogen-bond donors (Lipinski definition) is 2. The van der Waals surface area contributed by atoms with Crippen LogP contribution in [-0.4, -0.2) is 82.3 Å². The molecule has 252 valence electrons. The van der Waals surface area contributed by atoms with Gasteiger partial charge in [0.05, 0.1) is 24.2 Å². The molecule has 3 aromatic rings. The fourth-order valence-corrected chi connectivity index (χ4v) is 6.55. The molecule has 2 aromatic heterocycles. The first-order chi connectivity index (χ1) is 22.5. The van der Waals surface area contributed by atoms with Crippen molar-refractivity contribution >= 4 is 29.1 Å². The monoisotopic (exact) mass is 645 g/mol. The largest absolute Gasteiger partial charge is 0.496 e. The summed E-state index contributed by atoms with van der Waals surface area (Å²) in [5.74, 6) is -0.962. The number of fused-ring (bicyclic) bond motifs is 1. The second-order valence-electron chi connectivity index (χ2n) is 13.5. The van der Waals surface area contributed by atoms with Gasteiger partial charge in [0.25, 0.3) is 0 Å². The maximum atomic E-state index is 13.6. The van der Waals surface area contributed by atoms with Crippen LogP contribution in [0.3, 0.4) is 0 Å². The van der Waals surface area contributed by atoms with Crippen LogP contribution in [0.4, 0.5) is 0 Å². The molecule has 1 amide bonds.